The first-order valence-corrected chi connectivity index (χ1v) is 9.68. The van der Waals surface area contributed by atoms with E-state index in [1.807, 2.05) is 23.1 Å². The van der Waals surface area contributed by atoms with Gasteiger partial charge in [0.15, 0.2) is 0 Å². The third kappa shape index (κ3) is 3.55. The van der Waals surface area contributed by atoms with Gasteiger partial charge in [-0.05, 0) is 61.1 Å². The lowest BCUT2D eigenvalue weighted by atomic mass is 9.99. The van der Waals surface area contributed by atoms with Gasteiger partial charge in [-0.2, -0.15) is 0 Å². The highest BCUT2D eigenvalue weighted by Gasteiger charge is 2.23. The van der Waals surface area contributed by atoms with Crippen LogP contribution < -0.4 is 15.1 Å². The van der Waals surface area contributed by atoms with Crippen molar-refractivity contribution in [2.45, 2.75) is 26.2 Å². The fourth-order valence-electron chi connectivity index (χ4n) is 3.93. The van der Waals surface area contributed by atoms with Crippen molar-refractivity contribution in [2.75, 3.05) is 41.3 Å². The molecular formula is C22H27N3O. The summed E-state index contributed by atoms with van der Waals surface area (Å²) < 4.78 is 0. The van der Waals surface area contributed by atoms with Crippen molar-refractivity contribution in [3.8, 4) is 0 Å². The Morgan fingerprint density at radius 1 is 1.04 bits per heavy atom. The zero-order valence-corrected chi connectivity index (χ0v) is 15.4. The first-order valence-electron chi connectivity index (χ1n) is 9.68. The fourth-order valence-corrected chi connectivity index (χ4v) is 3.93. The number of para-hydroxylation sites is 1. The average molecular weight is 349 g/mol. The molecule has 26 heavy (non-hydrogen) atoms. The minimum atomic E-state index is 0.129. The monoisotopic (exact) mass is 349 g/mol. The molecular weight excluding hydrogens is 322 g/mol. The minimum absolute atomic E-state index is 0.129. The number of carbonyl (C=O) groups is 1. The Labute approximate surface area is 155 Å². The van der Waals surface area contributed by atoms with Gasteiger partial charge in [-0.25, -0.2) is 0 Å². The standard InChI is InChI=1S/C22H27N3O/c1-17-10-13-24(14-11-17)20-8-6-19(7-9-20)23-16-22(26)25-15-12-18-4-2-3-5-21(18)25/h2-9,17,23H,10-16H2,1H3. The molecule has 2 aromatic carbocycles. The number of nitrogens with zero attached hydrogens (tertiary/aromatic N) is 2. The molecule has 2 aliphatic heterocycles. The molecule has 0 saturated carbocycles. The molecule has 1 fully saturated rings. The maximum Gasteiger partial charge on any atom is 0.246 e. The second-order valence-electron chi connectivity index (χ2n) is 7.49. The molecule has 0 unspecified atom stereocenters. The molecule has 1 N–H and O–H groups in total. The molecule has 2 heterocycles. The number of fused-ring (bicyclic) bond motifs is 1. The summed E-state index contributed by atoms with van der Waals surface area (Å²) >= 11 is 0. The molecule has 2 aliphatic rings. The van der Waals surface area contributed by atoms with Gasteiger partial charge < -0.3 is 15.1 Å². The van der Waals surface area contributed by atoms with Crippen molar-refractivity contribution in [1.29, 1.82) is 0 Å². The molecule has 0 atom stereocenters. The summed E-state index contributed by atoms with van der Waals surface area (Å²) in [6.45, 7) is 5.73. The van der Waals surface area contributed by atoms with Crippen molar-refractivity contribution >= 4 is 23.0 Å². The number of anilines is 3. The maximum atomic E-state index is 12.6. The van der Waals surface area contributed by atoms with Gasteiger partial charge in [-0.3, -0.25) is 4.79 Å². The van der Waals surface area contributed by atoms with E-state index < -0.39 is 0 Å². The summed E-state index contributed by atoms with van der Waals surface area (Å²) in [6.07, 6.45) is 3.49. The molecule has 4 heteroatoms. The molecule has 0 aromatic heterocycles. The van der Waals surface area contributed by atoms with Crippen LogP contribution in [0, 0.1) is 5.92 Å². The third-order valence-electron chi connectivity index (χ3n) is 5.65. The minimum Gasteiger partial charge on any atom is -0.376 e. The van der Waals surface area contributed by atoms with Crippen molar-refractivity contribution < 1.29 is 4.79 Å². The lowest BCUT2D eigenvalue weighted by molar-refractivity contribution is -0.116. The number of piperidine rings is 1. The van der Waals surface area contributed by atoms with Gasteiger partial charge in [0.05, 0.1) is 6.54 Å². The van der Waals surface area contributed by atoms with Crippen LogP contribution in [0.25, 0.3) is 0 Å². The zero-order chi connectivity index (χ0) is 17.9. The molecule has 0 bridgehead atoms. The Hall–Kier alpha value is -2.49. The molecule has 4 nitrogen and oxygen atoms in total. The topological polar surface area (TPSA) is 35.6 Å². The molecule has 136 valence electrons. The number of amides is 1. The van der Waals surface area contributed by atoms with Gasteiger partial charge in [0, 0.05) is 36.7 Å². The van der Waals surface area contributed by atoms with E-state index in [4.69, 9.17) is 0 Å². The van der Waals surface area contributed by atoms with Gasteiger partial charge in [0.25, 0.3) is 0 Å². The Morgan fingerprint density at radius 2 is 1.77 bits per heavy atom. The lowest BCUT2D eigenvalue weighted by Gasteiger charge is -2.32. The van der Waals surface area contributed by atoms with Gasteiger partial charge >= 0.3 is 0 Å². The predicted molar refractivity (Wildman–Crippen MR) is 108 cm³/mol. The predicted octanol–water partition coefficient (Wildman–Crippen LogP) is 3.92. The maximum absolute atomic E-state index is 12.6. The summed E-state index contributed by atoms with van der Waals surface area (Å²) in [4.78, 5) is 16.9. The molecule has 1 amide bonds. The summed E-state index contributed by atoms with van der Waals surface area (Å²) in [5, 5.41) is 3.28. The first kappa shape index (κ1) is 17.0. The van der Waals surface area contributed by atoms with Crippen LogP contribution in [0.4, 0.5) is 17.1 Å². The van der Waals surface area contributed by atoms with E-state index in [1.165, 1.54) is 24.1 Å². The van der Waals surface area contributed by atoms with Crippen LogP contribution >= 0.6 is 0 Å². The number of hydrogen-bond donors (Lipinski definition) is 1. The average Bonchev–Trinajstić information content (AvgIpc) is 3.11. The number of carbonyl (C=O) groups excluding carboxylic acids is 1. The van der Waals surface area contributed by atoms with Gasteiger partial charge in [-0.1, -0.05) is 25.1 Å². The Bertz CT molecular complexity index is 763. The SMILES string of the molecule is CC1CCN(c2ccc(NCC(=O)N3CCc4ccccc43)cc2)CC1. The summed E-state index contributed by atoms with van der Waals surface area (Å²) in [7, 11) is 0. The fraction of sp³-hybridized carbons (Fsp3) is 0.409. The van der Waals surface area contributed by atoms with Crippen LogP contribution in [-0.2, 0) is 11.2 Å². The quantitative estimate of drug-likeness (QED) is 0.909. The molecule has 0 spiro atoms. The molecule has 1 saturated heterocycles. The second-order valence-corrected chi connectivity index (χ2v) is 7.49. The molecule has 4 rings (SSSR count). The largest absolute Gasteiger partial charge is 0.376 e. The van der Waals surface area contributed by atoms with E-state index in [0.717, 1.165) is 43.3 Å². The van der Waals surface area contributed by atoms with Crippen molar-refractivity contribution in [2.24, 2.45) is 5.92 Å². The third-order valence-corrected chi connectivity index (χ3v) is 5.65. The number of benzene rings is 2. The Morgan fingerprint density at radius 3 is 2.54 bits per heavy atom. The highest BCUT2D eigenvalue weighted by molar-refractivity contribution is 5.98. The molecule has 0 radical (unpaired) electrons. The van der Waals surface area contributed by atoms with Gasteiger partial charge in [0.1, 0.15) is 0 Å². The summed E-state index contributed by atoms with van der Waals surface area (Å²) in [5.74, 6) is 0.970. The van der Waals surface area contributed by atoms with Crippen LogP contribution in [0.15, 0.2) is 48.5 Å². The van der Waals surface area contributed by atoms with Crippen molar-refractivity contribution in [1.82, 2.24) is 0 Å². The van der Waals surface area contributed by atoms with Crippen LogP contribution in [0.5, 0.6) is 0 Å². The van der Waals surface area contributed by atoms with Crippen molar-refractivity contribution in [3.05, 3.63) is 54.1 Å². The smallest absolute Gasteiger partial charge is 0.246 e. The summed E-state index contributed by atoms with van der Waals surface area (Å²) in [5.41, 5.74) is 4.61. The van der Waals surface area contributed by atoms with E-state index in [-0.39, 0.29) is 5.91 Å². The Kier molecular flexibility index (Phi) is 4.83. The summed E-state index contributed by atoms with van der Waals surface area (Å²) in [6, 6.07) is 16.7. The number of hydrogen-bond acceptors (Lipinski definition) is 3. The first-order chi connectivity index (χ1) is 12.7. The molecule has 2 aromatic rings. The van der Waals surface area contributed by atoms with Gasteiger partial charge in [0.2, 0.25) is 5.91 Å². The number of rotatable bonds is 4. The lowest BCUT2D eigenvalue weighted by Crippen LogP contribution is -2.34. The Balaban J connectivity index is 1.33. The van der Waals surface area contributed by atoms with E-state index >= 15 is 0 Å². The van der Waals surface area contributed by atoms with Gasteiger partial charge in [-0.15, -0.1) is 0 Å². The zero-order valence-electron chi connectivity index (χ0n) is 15.4. The van der Waals surface area contributed by atoms with E-state index in [1.54, 1.807) is 0 Å². The van der Waals surface area contributed by atoms with E-state index in [0.29, 0.717) is 6.54 Å². The van der Waals surface area contributed by atoms with Crippen LogP contribution in [-0.4, -0.2) is 32.1 Å². The van der Waals surface area contributed by atoms with Crippen LogP contribution in [0.3, 0.4) is 0 Å². The number of nitrogens with one attached hydrogen (secondary N) is 1. The highest BCUT2D eigenvalue weighted by atomic mass is 16.2. The van der Waals surface area contributed by atoms with Crippen LogP contribution in [0.1, 0.15) is 25.3 Å². The normalized spacial score (nSPS) is 17.3. The molecule has 0 aliphatic carbocycles. The van der Waals surface area contributed by atoms with E-state index in [2.05, 4.69) is 47.5 Å². The second kappa shape index (κ2) is 7.40. The van der Waals surface area contributed by atoms with Crippen LogP contribution in [0.2, 0.25) is 0 Å². The van der Waals surface area contributed by atoms with E-state index in [9.17, 15) is 4.79 Å². The van der Waals surface area contributed by atoms with Crippen molar-refractivity contribution in [3.63, 3.8) is 0 Å². The highest BCUT2D eigenvalue weighted by Crippen LogP contribution is 2.28.